The molecule has 6 heterocycles. The molecule has 2 N–H and O–H groups in total. The monoisotopic (exact) mass is 990 g/mol. The molecule has 14 nitrogen and oxygen atoms in total. The second-order valence-electron chi connectivity index (χ2n) is 17.4. The number of benzene rings is 4. The molecule has 0 radical (unpaired) electrons. The van der Waals surface area contributed by atoms with Gasteiger partial charge in [0.05, 0.1) is 60.8 Å². The first kappa shape index (κ1) is 49.2. The average molecular weight is 991 g/mol. The van der Waals surface area contributed by atoms with Crippen molar-refractivity contribution in [3.8, 4) is 22.9 Å². The third-order valence-electron chi connectivity index (χ3n) is 12.5. The molecule has 8 aromatic rings. The van der Waals surface area contributed by atoms with Crippen molar-refractivity contribution < 1.29 is 46.0 Å². The molecule has 0 spiro atoms. The summed E-state index contributed by atoms with van der Waals surface area (Å²) in [6.45, 7) is 4.72. The summed E-state index contributed by atoms with van der Waals surface area (Å²) in [6.07, 6.45) is 6.08. The summed E-state index contributed by atoms with van der Waals surface area (Å²) in [4.78, 5) is 17.4. The summed E-state index contributed by atoms with van der Waals surface area (Å²) >= 11 is 0. The standard InChI is InChI=1S/2C26H24F3N5O2/c2*1-17-15-33(16-30-17)21-10-8-18(14-22(21)36-2)9-11-23-31-24-25(35,12-5-13-34(24)32-23)19-6-3-4-7-20(19)26(27,28)29/h2*3-4,6-11,14-16,35H,5,12-13H2,1-2H3/b2*11-9+/t2*25-/m10/s1. The van der Waals surface area contributed by atoms with Crippen LogP contribution in [0.2, 0.25) is 0 Å². The number of hydrogen-bond acceptors (Lipinski definition) is 10. The van der Waals surface area contributed by atoms with E-state index in [4.69, 9.17) is 9.47 Å². The van der Waals surface area contributed by atoms with E-state index in [9.17, 15) is 36.6 Å². The van der Waals surface area contributed by atoms with Crippen LogP contribution in [0.25, 0.3) is 35.7 Å². The largest absolute Gasteiger partial charge is 0.495 e. The van der Waals surface area contributed by atoms with Gasteiger partial charge in [-0.05, 0) is 99.2 Å². The highest BCUT2D eigenvalue weighted by Crippen LogP contribution is 2.45. The van der Waals surface area contributed by atoms with Gasteiger partial charge < -0.3 is 28.8 Å². The Bertz CT molecular complexity index is 3100. The van der Waals surface area contributed by atoms with Gasteiger partial charge >= 0.3 is 12.4 Å². The predicted molar refractivity (Wildman–Crippen MR) is 255 cm³/mol. The molecule has 0 bridgehead atoms. The van der Waals surface area contributed by atoms with Gasteiger partial charge in [-0.15, -0.1) is 0 Å². The molecule has 0 saturated carbocycles. The van der Waals surface area contributed by atoms with E-state index < -0.39 is 34.7 Å². The van der Waals surface area contributed by atoms with Gasteiger partial charge in [-0.3, -0.25) is 0 Å². The molecule has 2 atom stereocenters. The van der Waals surface area contributed by atoms with Crippen LogP contribution in [-0.4, -0.2) is 73.1 Å². The van der Waals surface area contributed by atoms with Crippen molar-refractivity contribution in [1.82, 2.24) is 48.6 Å². The Hall–Kier alpha value is -7.84. The van der Waals surface area contributed by atoms with Gasteiger partial charge in [-0.1, -0.05) is 60.7 Å². The first-order valence-corrected chi connectivity index (χ1v) is 22.8. The Balaban J connectivity index is 0.000000178. The smallest absolute Gasteiger partial charge is 0.416 e. The Kier molecular flexibility index (Phi) is 13.2. The van der Waals surface area contributed by atoms with Crippen LogP contribution < -0.4 is 9.47 Å². The van der Waals surface area contributed by atoms with Crippen LogP contribution in [-0.2, 0) is 36.6 Å². The molecule has 4 aromatic carbocycles. The summed E-state index contributed by atoms with van der Waals surface area (Å²) in [5.41, 5.74) is -0.888. The van der Waals surface area contributed by atoms with Gasteiger partial charge in [0.25, 0.3) is 0 Å². The number of hydrogen-bond donors (Lipinski definition) is 2. The molecule has 20 heteroatoms. The lowest BCUT2D eigenvalue weighted by Crippen LogP contribution is -2.37. The lowest BCUT2D eigenvalue weighted by atomic mass is 9.83. The molecule has 72 heavy (non-hydrogen) atoms. The highest BCUT2D eigenvalue weighted by atomic mass is 19.4. The topological polar surface area (TPSA) is 156 Å². The van der Waals surface area contributed by atoms with Crippen molar-refractivity contribution >= 4 is 24.3 Å². The minimum atomic E-state index is -4.60. The summed E-state index contributed by atoms with van der Waals surface area (Å²) in [7, 11) is 3.17. The number of methoxy groups -OCH3 is 2. The first-order chi connectivity index (χ1) is 34.4. The third kappa shape index (κ3) is 9.78. The zero-order valence-corrected chi connectivity index (χ0v) is 39.4. The van der Waals surface area contributed by atoms with E-state index in [1.54, 1.807) is 51.2 Å². The molecule has 2 aliphatic heterocycles. The van der Waals surface area contributed by atoms with Gasteiger partial charge in [0.15, 0.2) is 23.3 Å². The minimum absolute atomic E-state index is 0.105. The molecule has 4 aromatic heterocycles. The number of rotatable bonds is 10. The van der Waals surface area contributed by atoms with E-state index in [-0.39, 0.29) is 35.6 Å². The molecule has 10 rings (SSSR count). The molecular weight excluding hydrogens is 943 g/mol. The maximum absolute atomic E-state index is 13.7. The van der Waals surface area contributed by atoms with Crippen molar-refractivity contribution in [1.29, 1.82) is 0 Å². The Morgan fingerprint density at radius 1 is 0.569 bits per heavy atom. The van der Waals surface area contributed by atoms with Crippen LogP contribution in [0.15, 0.2) is 110 Å². The zero-order valence-electron chi connectivity index (χ0n) is 39.4. The lowest BCUT2D eigenvalue weighted by Gasteiger charge is -2.33. The normalized spacial score (nSPS) is 17.9. The molecule has 0 aliphatic carbocycles. The SMILES string of the molecule is COc1cc(/C=C/c2nc3n(n2)CCC[C@@]3(O)c2ccccc2C(F)(F)F)ccc1-n1cnc(C)c1.COc1cc(/C=C/c2nc3n(n2)CCC[C@]3(O)c2ccccc2C(F)(F)F)ccc1-n1cnc(C)c1. The average Bonchev–Trinajstić information content (AvgIpc) is 4.20. The second-order valence-corrected chi connectivity index (χ2v) is 17.4. The Labute approximate surface area is 409 Å². The second kappa shape index (κ2) is 19.4. The van der Waals surface area contributed by atoms with Crippen LogP contribution in [0.4, 0.5) is 26.3 Å². The van der Waals surface area contributed by atoms with Crippen LogP contribution in [0.5, 0.6) is 11.5 Å². The summed E-state index contributed by atoms with van der Waals surface area (Å²) < 4.78 is 99.9. The van der Waals surface area contributed by atoms with E-state index in [1.165, 1.54) is 45.8 Å². The number of aromatic nitrogens is 10. The Morgan fingerprint density at radius 2 is 0.972 bits per heavy atom. The van der Waals surface area contributed by atoms with E-state index >= 15 is 0 Å². The number of ether oxygens (including phenoxy) is 2. The van der Waals surface area contributed by atoms with Gasteiger partial charge in [0.2, 0.25) is 0 Å². The molecular formula is C52H48F6N10O4. The fourth-order valence-electron chi connectivity index (χ4n) is 9.14. The number of nitrogens with zero attached hydrogens (tertiary/aromatic N) is 10. The van der Waals surface area contributed by atoms with Crippen LogP contribution in [0.3, 0.4) is 0 Å². The van der Waals surface area contributed by atoms with Gasteiger partial charge in [0, 0.05) is 36.6 Å². The van der Waals surface area contributed by atoms with Crippen LogP contribution >= 0.6 is 0 Å². The summed E-state index contributed by atoms with van der Waals surface area (Å²) in [6, 6.07) is 21.5. The fraction of sp³-hybridized carbons (Fsp3) is 0.269. The number of fused-ring (bicyclic) bond motifs is 2. The fourth-order valence-corrected chi connectivity index (χ4v) is 9.14. The maximum atomic E-state index is 13.7. The minimum Gasteiger partial charge on any atom is -0.495 e. The van der Waals surface area contributed by atoms with Crippen molar-refractivity contribution in [2.24, 2.45) is 0 Å². The Morgan fingerprint density at radius 3 is 1.33 bits per heavy atom. The molecule has 0 fully saturated rings. The molecule has 0 saturated heterocycles. The summed E-state index contributed by atoms with van der Waals surface area (Å²) in [5, 5.41) is 31.8. The number of imidazole rings is 2. The number of aryl methyl sites for hydroxylation is 4. The molecule has 0 amide bonds. The zero-order chi connectivity index (χ0) is 51.0. The van der Waals surface area contributed by atoms with Gasteiger partial charge in [-0.2, -0.15) is 36.5 Å². The molecule has 372 valence electrons. The molecule has 2 aliphatic rings. The lowest BCUT2D eigenvalue weighted by molar-refractivity contribution is -0.141. The van der Waals surface area contributed by atoms with Crippen molar-refractivity contribution in [2.75, 3.05) is 14.2 Å². The van der Waals surface area contributed by atoms with E-state index in [0.717, 1.165) is 46.0 Å². The van der Waals surface area contributed by atoms with Crippen LogP contribution in [0.1, 0.15) is 93.7 Å². The third-order valence-corrected chi connectivity index (χ3v) is 12.5. The first-order valence-electron chi connectivity index (χ1n) is 22.8. The maximum Gasteiger partial charge on any atom is 0.416 e. The number of aliphatic hydroxyl groups is 2. The van der Waals surface area contributed by atoms with Crippen LogP contribution in [0, 0.1) is 13.8 Å². The molecule has 0 unspecified atom stereocenters. The summed E-state index contributed by atoms with van der Waals surface area (Å²) in [5.74, 6) is 2.09. The quantitative estimate of drug-likeness (QED) is 0.127. The van der Waals surface area contributed by atoms with Crippen molar-refractivity contribution in [2.45, 2.75) is 76.2 Å². The van der Waals surface area contributed by atoms with E-state index in [0.29, 0.717) is 49.1 Å². The van der Waals surface area contributed by atoms with Gasteiger partial charge in [-0.25, -0.2) is 29.3 Å². The highest BCUT2D eigenvalue weighted by molar-refractivity contribution is 5.70. The van der Waals surface area contributed by atoms with E-state index in [1.807, 2.05) is 71.8 Å². The highest BCUT2D eigenvalue weighted by Gasteiger charge is 2.47. The number of alkyl halides is 6. The van der Waals surface area contributed by atoms with Gasteiger partial charge in [0.1, 0.15) is 22.7 Å². The van der Waals surface area contributed by atoms with E-state index in [2.05, 4.69) is 30.1 Å². The van der Waals surface area contributed by atoms with Crippen molar-refractivity contribution in [3.63, 3.8) is 0 Å². The predicted octanol–water partition coefficient (Wildman–Crippen LogP) is 10.00. The number of halogens is 6. The van der Waals surface area contributed by atoms with Crippen molar-refractivity contribution in [3.05, 3.63) is 178 Å².